The first-order chi connectivity index (χ1) is 12.2. The van der Waals surface area contributed by atoms with Crippen molar-refractivity contribution >= 4 is 23.3 Å². The number of ether oxygens (including phenoxy) is 2. The molecule has 3 rings (SSSR count). The average molecular weight is 357 g/mol. The van der Waals surface area contributed by atoms with Gasteiger partial charge >= 0.3 is 0 Å². The van der Waals surface area contributed by atoms with Crippen LogP contribution in [0, 0.1) is 0 Å². The summed E-state index contributed by atoms with van der Waals surface area (Å²) in [6, 6.07) is 7.87. The summed E-state index contributed by atoms with van der Waals surface area (Å²) in [6.07, 6.45) is 5.30. The molecule has 0 saturated carbocycles. The molecule has 1 aromatic heterocycles. The van der Waals surface area contributed by atoms with Gasteiger partial charge in [-0.3, -0.25) is 4.79 Å². The molecule has 1 aromatic carbocycles. The van der Waals surface area contributed by atoms with Crippen molar-refractivity contribution in [3.05, 3.63) is 51.7 Å². The number of hydrogen-bond donors (Lipinski definition) is 0. The SMILES string of the molecule is CCC1c2ccsc2CCN1C(=O)C=Cc1cc(OC)ccc1OC. The largest absolute Gasteiger partial charge is 0.497 e. The minimum Gasteiger partial charge on any atom is -0.497 e. The van der Waals surface area contributed by atoms with Crippen molar-refractivity contribution in [2.24, 2.45) is 0 Å². The molecule has 0 bridgehead atoms. The van der Waals surface area contributed by atoms with E-state index in [-0.39, 0.29) is 11.9 Å². The molecule has 1 unspecified atom stereocenters. The van der Waals surface area contributed by atoms with E-state index in [9.17, 15) is 4.79 Å². The Morgan fingerprint density at radius 3 is 2.88 bits per heavy atom. The Morgan fingerprint density at radius 2 is 2.16 bits per heavy atom. The molecule has 1 aliphatic rings. The standard InChI is InChI=1S/C20H23NO3S/c1-4-17-16-10-12-25-19(16)9-11-21(17)20(22)8-5-14-13-15(23-2)6-7-18(14)24-3/h5-8,10,12-13,17H,4,9,11H2,1-3H3. The number of hydrogen-bond acceptors (Lipinski definition) is 4. The highest BCUT2D eigenvalue weighted by molar-refractivity contribution is 7.10. The monoisotopic (exact) mass is 357 g/mol. The molecule has 0 fully saturated rings. The third-order valence-electron chi connectivity index (χ3n) is 4.61. The van der Waals surface area contributed by atoms with Gasteiger partial charge in [0.1, 0.15) is 11.5 Å². The third-order valence-corrected chi connectivity index (χ3v) is 5.60. The van der Waals surface area contributed by atoms with E-state index in [0.29, 0.717) is 0 Å². The number of nitrogens with zero attached hydrogens (tertiary/aromatic N) is 1. The summed E-state index contributed by atoms with van der Waals surface area (Å²) in [6.45, 7) is 2.90. The molecule has 2 heterocycles. The highest BCUT2D eigenvalue weighted by Crippen LogP contribution is 2.35. The quantitative estimate of drug-likeness (QED) is 0.748. The molecule has 1 amide bonds. The van der Waals surface area contributed by atoms with E-state index in [4.69, 9.17) is 9.47 Å². The van der Waals surface area contributed by atoms with Crippen molar-refractivity contribution < 1.29 is 14.3 Å². The lowest BCUT2D eigenvalue weighted by atomic mass is 9.97. The highest BCUT2D eigenvalue weighted by Gasteiger charge is 2.29. The number of methoxy groups -OCH3 is 2. The van der Waals surface area contributed by atoms with Crippen LogP contribution in [0.4, 0.5) is 0 Å². The predicted octanol–water partition coefficient (Wildman–Crippen LogP) is 4.31. The zero-order chi connectivity index (χ0) is 17.8. The Hall–Kier alpha value is -2.27. The number of carbonyl (C=O) groups is 1. The summed E-state index contributed by atoms with van der Waals surface area (Å²) in [4.78, 5) is 16.2. The summed E-state index contributed by atoms with van der Waals surface area (Å²) < 4.78 is 10.6. The normalized spacial score (nSPS) is 16.8. The fourth-order valence-corrected chi connectivity index (χ4v) is 4.26. The van der Waals surface area contributed by atoms with E-state index < -0.39 is 0 Å². The Kier molecular flexibility index (Phi) is 5.43. The predicted molar refractivity (Wildman–Crippen MR) is 101 cm³/mol. The van der Waals surface area contributed by atoms with E-state index in [1.165, 1.54) is 10.4 Å². The number of benzene rings is 1. The molecule has 0 spiro atoms. The third kappa shape index (κ3) is 3.56. The van der Waals surface area contributed by atoms with Gasteiger partial charge < -0.3 is 14.4 Å². The van der Waals surface area contributed by atoms with Crippen molar-refractivity contribution in [2.75, 3.05) is 20.8 Å². The second kappa shape index (κ2) is 7.74. The van der Waals surface area contributed by atoms with Crippen LogP contribution in [0.5, 0.6) is 11.5 Å². The average Bonchev–Trinajstić information content (AvgIpc) is 3.13. The molecule has 5 heteroatoms. The number of rotatable bonds is 5. The van der Waals surface area contributed by atoms with Crippen LogP contribution in [-0.4, -0.2) is 31.6 Å². The van der Waals surface area contributed by atoms with Gasteiger partial charge in [0.15, 0.2) is 0 Å². The first-order valence-electron chi connectivity index (χ1n) is 8.45. The van der Waals surface area contributed by atoms with Crippen LogP contribution in [-0.2, 0) is 11.2 Å². The van der Waals surface area contributed by atoms with Gasteiger partial charge in [-0.05, 0) is 54.1 Å². The van der Waals surface area contributed by atoms with Crippen molar-refractivity contribution in [1.29, 1.82) is 0 Å². The van der Waals surface area contributed by atoms with Crippen LogP contribution in [0.25, 0.3) is 6.08 Å². The van der Waals surface area contributed by atoms with Crippen LogP contribution in [0.15, 0.2) is 35.7 Å². The first kappa shape index (κ1) is 17.5. The number of fused-ring (bicyclic) bond motifs is 1. The summed E-state index contributed by atoms with van der Waals surface area (Å²) in [5, 5.41) is 2.12. The minimum atomic E-state index is 0.0357. The zero-order valence-electron chi connectivity index (χ0n) is 14.8. The van der Waals surface area contributed by atoms with Crippen LogP contribution < -0.4 is 9.47 Å². The molecule has 0 saturated heterocycles. The maximum absolute atomic E-state index is 12.8. The van der Waals surface area contributed by atoms with Crippen LogP contribution in [0.2, 0.25) is 0 Å². The summed E-state index contributed by atoms with van der Waals surface area (Å²) in [7, 11) is 3.25. The molecule has 0 aliphatic carbocycles. The Labute approximate surface area is 152 Å². The summed E-state index contributed by atoms with van der Waals surface area (Å²) in [5.41, 5.74) is 2.14. The summed E-state index contributed by atoms with van der Waals surface area (Å²) in [5.74, 6) is 1.49. The smallest absolute Gasteiger partial charge is 0.247 e. The zero-order valence-corrected chi connectivity index (χ0v) is 15.6. The van der Waals surface area contributed by atoms with Crippen LogP contribution in [0.1, 0.15) is 35.4 Å². The van der Waals surface area contributed by atoms with E-state index >= 15 is 0 Å². The van der Waals surface area contributed by atoms with Crippen molar-refractivity contribution in [2.45, 2.75) is 25.8 Å². The van der Waals surface area contributed by atoms with E-state index in [2.05, 4.69) is 18.4 Å². The van der Waals surface area contributed by atoms with Gasteiger partial charge in [-0.1, -0.05) is 6.92 Å². The van der Waals surface area contributed by atoms with Gasteiger partial charge in [-0.25, -0.2) is 0 Å². The molecule has 25 heavy (non-hydrogen) atoms. The lowest BCUT2D eigenvalue weighted by molar-refractivity contribution is -0.128. The van der Waals surface area contributed by atoms with Gasteiger partial charge in [-0.2, -0.15) is 0 Å². The van der Waals surface area contributed by atoms with Gasteiger partial charge in [0, 0.05) is 23.1 Å². The van der Waals surface area contributed by atoms with Gasteiger partial charge in [0.25, 0.3) is 0 Å². The van der Waals surface area contributed by atoms with E-state index in [0.717, 1.165) is 36.4 Å². The number of carbonyl (C=O) groups excluding carboxylic acids is 1. The fraction of sp³-hybridized carbons (Fsp3) is 0.350. The molecule has 4 nitrogen and oxygen atoms in total. The van der Waals surface area contributed by atoms with Crippen molar-refractivity contribution in [1.82, 2.24) is 4.90 Å². The molecule has 0 radical (unpaired) electrons. The Morgan fingerprint density at radius 1 is 1.32 bits per heavy atom. The second-order valence-corrected chi connectivity index (χ2v) is 6.95. The molecular weight excluding hydrogens is 334 g/mol. The van der Waals surface area contributed by atoms with Crippen molar-refractivity contribution in [3.63, 3.8) is 0 Å². The van der Waals surface area contributed by atoms with Crippen LogP contribution >= 0.6 is 11.3 Å². The first-order valence-corrected chi connectivity index (χ1v) is 9.32. The maximum atomic E-state index is 12.8. The van der Waals surface area contributed by atoms with Crippen molar-refractivity contribution in [3.8, 4) is 11.5 Å². The van der Waals surface area contributed by atoms with Crippen LogP contribution in [0.3, 0.4) is 0 Å². The minimum absolute atomic E-state index is 0.0357. The number of thiophene rings is 1. The lowest BCUT2D eigenvalue weighted by Gasteiger charge is -2.34. The van der Waals surface area contributed by atoms with E-state index in [1.54, 1.807) is 37.7 Å². The van der Waals surface area contributed by atoms with E-state index in [1.807, 2.05) is 23.1 Å². The highest BCUT2D eigenvalue weighted by atomic mass is 32.1. The topological polar surface area (TPSA) is 38.8 Å². The molecule has 2 aromatic rings. The van der Waals surface area contributed by atoms with Gasteiger partial charge in [0.05, 0.1) is 20.3 Å². The second-order valence-electron chi connectivity index (χ2n) is 5.95. The number of amides is 1. The fourth-order valence-electron chi connectivity index (χ4n) is 3.33. The Bertz CT molecular complexity index is 781. The maximum Gasteiger partial charge on any atom is 0.247 e. The molecule has 0 N–H and O–H groups in total. The molecule has 1 atom stereocenters. The molecule has 132 valence electrons. The van der Waals surface area contributed by atoms with Gasteiger partial charge in [0.2, 0.25) is 5.91 Å². The molecule has 1 aliphatic heterocycles. The van der Waals surface area contributed by atoms with Gasteiger partial charge in [-0.15, -0.1) is 11.3 Å². The Balaban J connectivity index is 1.81. The molecular formula is C20H23NO3S. The summed E-state index contributed by atoms with van der Waals surface area (Å²) >= 11 is 1.79. The lowest BCUT2D eigenvalue weighted by Crippen LogP contribution is -2.38.